The Hall–Kier alpha value is -1.62. The van der Waals surface area contributed by atoms with E-state index in [2.05, 4.69) is 4.98 Å². The fourth-order valence-electron chi connectivity index (χ4n) is 1.64. The molecule has 1 N–H and O–H groups in total. The number of thiazole rings is 1. The van der Waals surface area contributed by atoms with Crippen LogP contribution in [-0.4, -0.2) is 16.1 Å². The van der Waals surface area contributed by atoms with Crippen LogP contribution in [0.15, 0.2) is 16.5 Å². The van der Waals surface area contributed by atoms with Crippen molar-refractivity contribution in [3.8, 4) is 10.8 Å². The van der Waals surface area contributed by atoms with E-state index in [1.807, 2.05) is 26.0 Å². The molecule has 0 spiro atoms. The molecule has 0 saturated carbocycles. The van der Waals surface area contributed by atoms with E-state index in [0.717, 1.165) is 27.1 Å². The molecule has 1 unspecified atom stereocenters. The Morgan fingerprint density at radius 3 is 2.78 bits per heavy atom. The Morgan fingerprint density at radius 2 is 2.22 bits per heavy atom. The van der Waals surface area contributed by atoms with Gasteiger partial charge in [-0.15, -0.1) is 11.3 Å². The highest BCUT2D eigenvalue weighted by molar-refractivity contribution is 7.15. The van der Waals surface area contributed by atoms with Crippen LogP contribution in [0.3, 0.4) is 0 Å². The van der Waals surface area contributed by atoms with E-state index in [1.54, 1.807) is 6.92 Å². The maximum absolute atomic E-state index is 10.9. The first-order valence-electron chi connectivity index (χ1n) is 5.73. The summed E-state index contributed by atoms with van der Waals surface area (Å²) in [5.74, 6) is 0.418. The molecule has 0 aliphatic heterocycles. The molecule has 0 bridgehead atoms. The maximum atomic E-state index is 10.9. The second-order valence-corrected chi connectivity index (χ2v) is 5.46. The fraction of sp³-hybridized carbons (Fsp3) is 0.385. The van der Waals surface area contributed by atoms with E-state index in [4.69, 9.17) is 9.52 Å². The van der Waals surface area contributed by atoms with Gasteiger partial charge in [0.25, 0.3) is 0 Å². The third kappa shape index (κ3) is 2.61. The van der Waals surface area contributed by atoms with E-state index < -0.39 is 11.9 Å². The zero-order valence-electron chi connectivity index (χ0n) is 10.6. The van der Waals surface area contributed by atoms with Gasteiger partial charge in [-0.1, -0.05) is 6.92 Å². The molecule has 5 heteroatoms. The average molecular weight is 265 g/mol. The van der Waals surface area contributed by atoms with Crippen LogP contribution >= 0.6 is 11.3 Å². The van der Waals surface area contributed by atoms with Crippen LogP contribution in [0.1, 0.15) is 23.3 Å². The predicted octanol–water partition coefficient (Wildman–Crippen LogP) is 3.28. The average Bonchev–Trinajstić information content (AvgIpc) is 2.86. The Labute approximate surface area is 109 Å². The number of rotatable bonds is 4. The number of hydrogen-bond acceptors (Lipinski definition) is 4. The molecule has 4 nitrogen and oxygen atoms in total. The summed E-state index contributed by atoms with van der Waals surface area (Å²) in [7, 11) is 0. The minimum absolute atomic E-state index is 0.393. The van der Waals surface area contributed by atoms with E-state index in [1.165, 1.54) is 11.3 Å². The number of nitrogens with zero attached hydrogens (tertiary/aromatic N) is 1. The molecule has 0 aliphatic carbocycles. The number of carboxylic acids is 1. The molecule has 1 atom stereocenters. The number of aromatic nitrogens is 1. The molecule has 0 fully saturated rings. The lowest BCUT2D eigenvalue weighted by atomic mass is 10.1. The van der Waals surface area contributed by atoms with Crippen LogP contribution in [0.2, 0.25) is 0 Å². The highest BCUT2D eigenvalue weighted by Gasteiger charge is 2.17. The summed E-state index contributed by atoms with van der Waals surface area (Å²) in [5, 5.41) is 9.74. The van der Waals surface area contributed by atoms with Crippen molar-refractivity contribution in [2.24, 2.45) is 5.92 Å². The summed E-state index contributed by atoms with van der Waals surface area (Å²) >= 11 is 1.50. The first-order chi connectivity index (χ1) is 8.47. The summed E-state index contributed by atoms with van der Waals surface area (Å²) in [6.07, 6.45) is 0.512. The van der Waals surface area contributed by atoms with Crippen molar-refractivity contribution in [1.29, 1.82) is 0 Å². The summed E-state index contributed by atoms with van der Waals surface area (Å²) in [6, 6.07) is 3.78. The zero-order valence-corrected chi connectivity index (χ0v) is 11.4. The Morgan fingerprint density at radius 1 is 1.50 bits per heavy atom. The smallest absolute Gasteiger partial charge is 0.306 e. The van der Waals surface area contributed by atoms with Gasteiger partial charge in [0, 0.05) is 4.88 Å². The number of aryl methyl sites for hydroxylation is 2. The molecule has 2 aromatic heterocycles. The van der Waals surface area contributed by atoms with Crippen molar-refractivity contribution in [2.75, 3.05) is 0 Å². The standard InChI is InChI=1S/C13H15NO3S/c1-7(13(15)16)6-11-9(3)14-12(18-11)10-5-4-8(2)17-10/h4-5,7H,6H2,1-3H3,(H,15,16). The highest BCUT2D eigenvalue weighted by Crippen LogP contribution is 2.30. The van der Waals surface area contributed by atoms with Gasteiger partial charge in [-0.3, -0.25) is 4.79 Å². The highest BCUT2D eigenvalue weighted by atomic mass is 32.1. The van der Waals surface area contributed by atoms with Crippen LogP contribution in [0.4, 0.5) is 0 Å². The third-order valence-corrected chi connectivity index (χ3v) is 3.95. The second kappa shape index (κ2) is 4.94. The normalized spacial score (nSPS) is 12.6. The minimum Gasteiger partial charge on any atom is -0.481 e. The third-order valence-electron chi connectivity index (χ3n) is 2.76. The van der Waals surface area contributed by atoms with Crippen molar-refractivity contribution in [2.45, 2.75) is 27.2 Å². The molecule has 0 saturated heterocycles. The topological polar surface area (TPSA) is 63.3 Å². The molecule has 18 heavy (non-hydrogen) atoms. The number of carbonyl (C=O) groups is 1. The van der Waals surface area contributed by atoms with Crippen molar-refractivity contribution < 1.29 is 14.3 Å². The van der Waals surface area contributed by atoms with Crippen molar-refractivity contribution in [3.63, 3.8) is 0 Å². The SMILES string of the molecule is Cc1ccc(-c2nc(C)c(CC(C)C(=O)O)s2)o1. The Bertz CT molecular complexity index is 571. The van der Waals surface area contributed by atoms with Crippen LogP contribution < -0.4 is 0 Å². The summed E-state index contributed by atoms with van der Waals surface area (Å²) in [4.78, 5) is 16.3. The second-order valence-electron chi connectivity index (χ2n) is 4.38. The van der Waals surface area contributed by atoms with Gasteiger partial charge in [-0.05, 0) is 32.4 Å². The lowest BCUT2D eigenvalue weighted by Crippen LogP contribution is -2.11. The molecule has 0 radical (unpaired) electrons. The molecule has 2 rings (SSSR count). The summed E-state index contributed by atoms with van der Waals surface area (Å²) < 4.78 is 5.52. The number of carboxylic acid groups (broad SMARTS) is 1. The Kier molecular flexibility index (Phi) is 3.52. The molecular formula is C13H15NO3S. The van der Waals surface area contributed by atoms with Gasteiger partial charge < -0.3 is 9.52 Å². The van der Waals surface area contributed by atoms with Crippen molar-refractivity contribution in [3.05, 3.63) is 28.5 Å². The molecule has 0 amide bonds. The Balaban J connectivity index is 2.24. The van der Waals surface area contributed by atoms with Crippen LogP contribution in [0.5, 0.6) is 0 Å². The van der Waals surface area contributed by atoms with E-state index >= 15 is 0 Å². The first kappa shape index (κ1) is 12.8. The van der Waals surface area contributed by atoms with E-state index in [9.17, 15) is 4.79 Å². The molecule has 0 aliphatic rings. The van der Waals surface area contributed by atoms with Gasteiger partial charge >= 0.3 is 5.97 Å². The van der Waals surface area contributed by atoms with Gasteiger partial charge in [0.1, 0.15) is 5.76 Å². The van der Waals surface area contributed by atoms with Gasteiger partial charge in [0.15, 0.2) is 10.8 Å². The van der Waals surface area contributed by atoms with Gasteiger partial charge in [-0.25, -0.2) is 4.98 Å². The molecule has 0 aromatic carbocycles. The first-order valence-corrected chi connectivity index (χ1v) is 6.55. The molecule has 2 aromatic rings. The number of aliphatic carboxylic acids is 1. The summed E-state index contributed by atoms with van der Waals surface area (Å²) in [6.45, 7) is 5.50. The van der Waals surface area contributed by atoms with E-state index in [-0.39, 0.29) is 0 Å². The lowest BCUT2D eigenvalue weighted by molar-refractivity contribution is -0.141. The van der Waals surface area contributed by atoms with Gasteiger partial charge in [0.2, 0.25) is 0 Å². The largest absolute Gasteiger partial charge is 0.481 e. The monoisotopic (exact) mass is 265 g/mol. The van der Waals surface area contributed by atoms with Crippen LogP contribution in [0.25, 0.3) is 10.8 Å². The number of furan rings is 1. The van der Waals surface area contributed by atoms with Crippen LogP contribution in [-0.2, 0) is 11.2 Å². The lowest BCUT2D eigenvalue weighted by Gasteiger charge is -2.03. The minimum atomic E-state index is -0.779. The predicted molar refractivity (Wildman–Crippen MR) is 69.8 cm³/mol. The van der Waals surface area contributed by atoms with Gasteiger partial charge in [-0.2, -0.15) is 0 Å². The quantitative estimate of drug-likeness (QED) is 0.921. The molecule has 96 valence electrons. The van der Waals surface area contributed by atoms with E-state index in [0.29, 0.717) is 6.42 Å². The molecular weight excluding hydrogens is 250 g/mol. The number of hydrogen-bond donors (Lipinski definition) is 1. The fourth-order valence-corrected chi connectivity index (χ4v) is 2.79. The maximum Gasteiger partial charge on any atom is 0.306 e. The van der Waals surface area contributed by atoms with Crippen LogP contribution in [0, 0.1) is 19.8 Å². The van der Waals surface area contributed by atoms with Crippen molar-refractivity contribution >= 4 is 17.3 Å². The summed E-state index contributed by atoms with van der Waals surface area (Å²) in [5.41, 5.74) is 0.886. The van der Waals surface area contributed by atoms with Gasteiger partial charge in [0.05, 0.1) is 11.6 Å². The zero-order chi connectivity index (χ0) is 13.3. The van der Waals surface area contributed by atoms with Crippen molar-refractivity contribution in [1.82, 2.24) is 4.98 Å². The molecule has 2 heterocycles.